The van der Waals surface area contributed by atoms with Crippen LogP contribution < -0.4 is 5.73 Å². The fourth-order valence-corrected chi connectivity index (χ4v) is 3.71. The molecule has 3 nitrogen and oxygen atoms in total. The molecule has 0 aromatic heterocycles. The summed E-state index contributed by atoms with van der Waals surface area (Å²) in [4.78, 5) is 11.9. The van der Waals surface area contributed by atoms with Crippen LogP contribution in [0.25, 0.3) is 0 Å². The lowest BCUT2D eigenvalue weighted by Gasteiger charge is -2.23. The Balaban J connectivity index is 0.00000180. The molecule has 2 N–H and O–H groups in total. The van der Waals surface area contributed by atoms with Crippen molar-refractivity contribution >= 4 is 18.4 Å². The number of ether oxygens (including phenoxy) is 1. The summed E-state index contributed by atoms with van der Waals surface area (Å²) in [5, 5.41) is 0. The smallest absolute Gasteiger partial charge is 0.306 e. The second-order valence-electron chi connectivity index (χ2n) is 6.64. The number of nitrogens with two attached hydrogens (primary N) is 1. The van der Waals surface area contributed by atoms with Crippen molar-refractivity contribution in [3.8, 4) is 0 Å². The zero-order valence-electron chi connectivity index (χ0n) is 12.1. The van der Waals surface area contributed by atoms with Crippen LogP contribution in [0.4, 0.5) is 0 Å². The van der Waals surface area contributed by atoms with Crippen molar-refractivity contribution in [2.45, 2.75) is 58.5 Å². The van der Waals surface area contributed by atoms with Crippen LogP contribution in [-0.4, -0.2) is 18.6 Å². The third-order valence-electron chi connectivity index (χ3n) is 4.55. The van der Waals surface area contributed by atoms with Crippen molar-refractivity contribution in [2.75, 3.05) is 6.54 Å². The summed E-state index contributed by atoms with van der Waals surface area (Å²) < 4.78 is 5.66. The third kappa shape index (κ3) is 4.64. The molecule has 2 fully saturated rings. The van der Waals surface area contributed by atoms with Gasteiger partial charge < -0.3 is 10.5 Å². The molecule has 4 heteroatoms. The van der Waals surface area contributed by atoms with Gasteiger partial charge in [0.15, 0.2) is 0 Å². The summed E-state index contributed by atoms with van der Waals surface area (Å²) in [6.07, 6.45) is 6.73. The van der Waals surface area contributed by atoms with Crippen molar-refractivity contribution in [3.05, 3.63) is 0 Å². The van der Waals surface area contributed by atoms with E-state index in [2.05, 4.69) is 13.8 Å². The predicted octanol–water partition coefficient (Wildman–Crippen LogP) is 3.15. The van der Waals surface area contributed by atoms with E-state index in [0.29, 0.717) is 24.8 Å². The Kier molecular flexibility index (Phi) is 6.61. The van der Waals surface area contributed by atoms with Gasteiger partial charge in [-0.1, -0.05) is 13.8 Å². The monoisotopic (exact) mass is 289 g/mol. The van der Waals surface area contributed by atoms with Crippen molar-refractivity contribution in [2.24, 2.45) is 29.4 Å². The zero-order valence-corrected chi connectivity index (χ0v) is 13.0. The van der Waals surface area contributed by atoms with Crippen molar-refractivity contribution < 1.29 is 9.53 Å². The lowest BCUT2D eigenvalue weighted by molar-refractivity contribution is -0.152. The Bertz CT molecular complexity index is 296. The molecule has 0 heterocycles. The highest BCUT2D eigenvalue weighted by molar-refractivity contribution is 5.85. The first-order valence-corrected chi connectivity index (χ1v) is 7.48. The highest BCUT2D eigenvalue weighted by atomic mass is 35.5. The van der Waals surface area contributed by atoms with E-state index in [4.69, 9.17) is 10.5 Å². The van der Waals surface area contributed by atoms with Gasteiger partial charge in [-0.2, -0.15) is 0 Å². The average Bonchev–Trinajstić information content (AvgIpc) is 2.89. The first kappa shape index (κ1) is 16.8. The molecule has 2 aliphatic carbocycles. The van der Waals surface area contributed by atoms with E-state index < -0.39 is 0 Å². The van der Waals surface area contributed by atoms with Gasteiger partial charge in [-0.05, 0) is 62.3 Å². The average molecular weight is 290 g/mol. The Hall–Kier alpha value is -0.280. The van der Waals surface area contributed by atoms with Crippen LogP contribution >= 0.6 is 12.4 Å². The lowest BCUT2D eigenvalue weighted by atomic mass is 9.94. The van der Waals surface area contributed by atoms with Gasteiger partial charge in [0.2, 0.25) is 0 Å². The van der Waals surface area contributed by atoms with Crippen LogP contribution in [0.5, 0.6) is 0 Å². The maximum atomic E-state index is 11.9. The first-order valence-electron chi connectivity index (χ1n) is 7.48. The lowest BCUT2D eigenvalue weighted by Crippen LogP contribution is -2.27. The molecule has 0 aliphatic heterocycles. The van der Waals surface area contributed by atoms with E-state index in [1.165, 1.54) is 19.3 Å². The minimum absolute atomic E-state index is 0. The normalized spacial score (nSPS) is 30.2. The molecule has 112 valence electrons. The van der Waals surface area contributed by atoms with Gasteiger partial charge in [0, 0.05) is 6.42 Å². The fraction of sp³-hybridized carbons (Fsp3) is 0.933. The van der Waals surface area contributed by atoms with Crippen LogP contribution in [0.15, 0.2) is 0 Å². The van der Waals surface area contributed by atoms with Gasteiger partial charge in [0.1, 0.15) is 6.10 Å². The summed E-state index contributed by atoms with van der Waals surface area (Å²) in [7, 11) is 0. The summed E-state index contributed by atoms with van der Waals surface area (Å²) in [6.45, 7) is 4.93. The second kappa shape index (κ2) is 7.49. The Morgan fingerprint density at radius 3 is 2.53 bits per heavy atom. The Labute approximate surface area is 123 Å². The van der Waals surface area contributed by atoms with Crippen LogP contribution in [0.2, 0.25) is 0 Å². The van der Waals surface area contributed by atoms with Crippen LogP contribution in [-0.2, 0) is 9.53 Å². The van der Waals surface area contributed by atoms with Gasteiger partial charge in [-0.3, -0.25) is 4.79 Å². The minimum atomic E-state index is -0.0244. The highest BCUT2D eigenvalue weighted by Gasteiger charge is 2.41. The third-order valence-corrected chi connectivity index (χ3v) is 4.55. The summed E-state index contributed by atoms with van der Waals surface area (Å²) in [5.74, 6) is 2.34. The van der Waals surface area contributed by atoms with E-state index in [1.54, 1.807) is 0 Å². The van der Waals surface area contributed by atoms with Crippen molar-refractivity contribution in [3.63, 3.8) is 0 Å². The van der Waals surface area contributed by atoms with Crippen molar-refractivity contribution in [1.29, 1.82) is 0 Å². The van der Waals surface area contributed by atoms with Crippen molar-refractivity contribution in [1.82, 2.24) is 0 Å². The van der Waals surface area contributed by atoms with E-state index in [9.17, 15) is 4.79 Å². The molecule has 0 aromatic carbocycles. The number of rotatable bonds is 6. The molecule has 0 radical (unpaired) electrons. The number of hydrogen-bond acceptors (Lipinski definition) is 3. The number of fused-ring (bicyclic) bond motifs is 2. The molecular formula is C15H28ClNO2. The molecule has 19 heavy (non-hydrogen) atoms. The summed E-state index contributed by atoms with van der Waals surface area (Å²) in [5.41, 5.74) is 5.73. The number of carbonyl (C=O) groups is 1. The number of carbonyl (C=O) groups excluding carboxylic acids is 1. The number of halogens is 1. The van der Waals surface area contributed by atoms with Gasteiger partial charge in [-0.25, -0.2) is 0 Å². The molecule has 4 atom stereocenters. The molecule has 0 aromatic rings. The summed E-state index contributed by atoms with van der Waals surface area (Å²) in [6, 6.07) is 0. The van der Waals surface area contributed by atoms with Crippen LogP contribution in [0, 0.1) is 23.7 Å². The highest BCUT2D eigenvalue weighted by Crippen LogP contribution is 2.46. The molecule has 0 saturated heterocycles. The molecule has 2 bridgehead atoms. The molecular weight excluding hydrogens is 262 g/mol. The predicted molar refractivity (Wildman–Crippen MR) is 79.2 cm³/mol. The zero-order chi connectivity index (χ0) is 13.1. The topological polar surface area (TPSA) is 52.3 Å². The Morgan fingerprint density at radius 2 is 2.05 bits per heavy atom. The van der Waals surface area contributed by atoms with Crippen LogP contribution in [0.3, 0.4) is 0 Å². The number of esters is 1. The quantitative estimate of drug-likeness (QED) is 0.764. The SMILES string of the molecule is CC(C)C[C@H](CN)CC(=O)OC1CC2CCC1C2.Cl. The maximum Gasteiger partial charge on any atom is 0.306 e. The van der Waals surface area contributed by atoms with Gasteiger partial charge >= 0.3 is 5.97 Å². The molecule has 2 rings (SSSR count). The van der Waals surface area contributed by atoms with Gasteiger partial charge in [0.05, 0.1) is 0 Å². The Morgan fingerprint density at radius 1 is 1.32 bits per heavy atom. The molecule has 2 saturated carbocycles. The van der Waals surface area contributed by atoms with Gasteiger partial charge in [-0.15, -0.1) is 12.4 Å². The van der Waals surface area contributed by atoms with E-state index in [-0.39, 0.29) is 30.4 Å². The molecule has 0 amide bonds. The summed E-state index contributed by atoms with van der Waals surface area (Å²) >= 11 is 0. The maximum absolute atomic E-state index is 11.9. The minimum Gasteiger partial charge on any atom is -0.462 e. The molecule has 2 aliphatic rings. The van der Waals surface area contributed by atoms with Gasteiger partial charge in [0.25, 0.3) is 0 Å². The molecule has 0 spiro atoms. The van der Waals surface area contributed by atoms with Crippen LogP contribution in [0.1, 0.15) is 52.4 Å². The largest absolute Gasteiger partial charge is 0.462 e. The second-order valence-corrected chi connectivity index (χ2v) is 6.64. The standard InChI is InChI=1S/C15H27NO2.ClH/c1-10(2)5-12(9-16)8-15(17)18-14-7-11-3-4-13(14)6-11;/h10-14H,3-9,16H2,1-2H3;1H/t11?,12-,13?,14?;/m0./s1. The fourth-order valence-electron chi connectivity index (χ4n) is 3.71. The van der Waals surface area contributed by atoms with E-state index in [1.807, 2.05) is 0 Å². The first-order chi connectivity index (χ1) is 8.58. The van der Waals surface area contributed by atoms with E-state index in [0.717, 1.165) is 18.8 Å². The number of hydrogen-bond donors (Lipinski definition) is 1. The molecule has 3 unspecified atom stereocenters. The van der Waals surface area contributed by atoms with E-state index >= 15 is 0 Å².